The number of hydrogen-bond donors (Lipinski definition) is 1. The zero-order valence-electron chi connectivity index (χ0n) is 11.3. The Morgan fingerprint density at radius 2 is 1.52 bits per heavy atom. The summed E-state index contributed by atoms with van der Waals surface area (Å²) in [6.45, 7) is 0. The molecule has 21 heavy (non-hydrogen) atoms. The van der Waals surface area contributed by atoms with Gasteiger partial charge in [-0.25, -0.2) is 0 Å². The Hall–Kier alpha value is -1.94. The van der Waals surface area contributed by atoms with Crippen LogP contribution in [-0.4, -0.2) is 21.7 Å². The van der Waals surface area contributed by atoms with Crippen molar-refractivity contribution in [3.8, 4) is 0 Å². The quantitative estimate of drug-likeness (QED) is 0.640. The van der Waals surface area contributed by atoms with Gasteiger partial charge in [-0.3, -0.25) is 9.59 Å². The third kappa shape index (κ3) is 4.53. The molecule has 0 aliphatic carbocycles. The van der Waals surface area contributed by atoms with Crippen LogP contribution in [0.2, 0.25) is 0 Å². The molecule has 0 amide bonds. The zero-order chi connectivity index (χ0) is 15.2. The topological polar surface area (TPSA) is 54.4 Å². The molecule has 1 unspecified atom stereocenters. The zero-order valence-corrected chi connectivity index (χ0v) is 12.9. The fourth-order valence-corrected chi connectivity index (χ4v) is 2.59. The Bertz CT molecular complexity index is 620. The lowest BCUT2D eigenvalue weighted by Crippen LogP contribution is -2.18. The molecule has 0 spiro atoms. The maximum atomic E-state index is 12.0. The Kier molecular flexibility index (Phi) is 5.28. The van der Waals surface area contributed by atoms with E-state index in [2.05, 4.69) is 28.1 Å². The lowest BCUT2D eigenvalue weighted by Gasteiger charge is -2.07. The van der Waals surface area contributed by atoms with Crippen LogP contribution >= 0.6 is 15.9 Å². The molecule has 0 heterocycles. The Labute approximate surface area is 131 Å². The number of carboxylic acid groups (broad SMARTS) is 1. The predicted molar refractivity (Wildman–Crippen MR) is 85.0 cm³/mol. The molecule has 2 aromatic carbocycles. The summed E-state index contributed by atoms with van der Waals surface area (Å²) in [5.74, 6) is -1.20. The van der Waals surface area contributed by atoms with Gasteiger partial charge in [-0.05, 0) is 17.5 Å². The van der Waals surface area contributed by atoms with Crippen molar-refractivity contribution in [2.45, 2.75) is 17.7 Å². The summed E-state index contributed by atoms with van der Waals surface area (Å²) in [6, 6.07) is 17.4. The van der Waals surface area contributed by atoms with E-state index in [0.29, 0.717) is 5.56 Å². The largest absolute Gasteiger partial charge is 0.481 e. The fraction of sp³-hybridized carbons (Fsp3) is 0.176. The van der Waals surface area contributed by atoms with Crippen molar-refractivity contribution < 1.29 is 14.7 Å². The van der Waals surface area contributed by atoms with Crippen LogP contribution < -0.4 is 0 Å². The highest BCUT2D eigenvalue weighted by Gasteiger charge is 2.19. The Morgan fingerprint density at radius 1 is 0.952 bits per heavy atom. The van der Waals surface area contributed by atoms with Crippen molar-refractivity contribution in [1.29, 1.82) is 0 Å². The average Bonchev–Trinajstić information content (AvgIpc) is 2.47. The van der Waals surface area contributed by atoms with Crippen molar-refractivity contribution in [3.05, 3.63) is 71.3 Å². The molecule has 2 rings (SSSR count). The van der Waals surface area contributed by atoms with Gasteiger partial charge >= 0.3 is 5.97 Å². The lowest BCUT2D eigenvalue weighted by molar-refractivity contribution is -0.136. The maximum Gasteiger partial charge on any atom is 0.304 e. The lowest BCUT2D eigenvalue weighted by atomic mass is 10.0. The van der Waals surface area contributed by atoms with E-state index in [1.165, 1.54) is 5.56 Å². The van der Waals surface area contributed by atoms with E-state index in [0.717, 1.165) is 12.0 Å². The normalized spacial score (nSPS) is 11.9. The minimum Gasteiger partial charge on any atom is -0.481 e. The van der Waals surface area contributed by atoms with E-state index in [1.807, 2.05) is 30.3 Å². The van der Waals surface area contributed by atoms with Gasteiger partial charge in [-0.1, -0.05) is 70.5 Å². The summed E-state index contributed by atoms with van der Waals surface area (Å²) < 4.78 is 0. The first kappa shape index (κ1) is 15.4. The molecule has 108 valence electrons. The van der Waals surface area contributed by atoms with Gasteiger partial charge in [0, 0.05) is 5.56 Å². The van der Waals surface area contributed by atoms with Crippen LogP contribution in [0.15, 0.2) is 54.6 Å². The van der Waals surface area contributed by atoms with Crippen LogP contribution in [0.4, 0.5) is 0 Å². The Morgan fingerprint density at radius 3 is 2.10 bits per heavy atom. The van der Waals surface area contributed by atoms with Gasteiger partial charge in [0.1, 0.15) is 0 Å². The van der Waals surface area contributed by atoms with E-state index < -0.39 is 10.8 Å². The van der Waals surface area contributed by atoms with Crippen molar-refractivity contribution in [1.82, 2.24) is 0 Å². The number of ketones is 1. The van der Waals surface area contributed by atoms with E-state index in [4.69, 9.17) is 5.11 Å². The number of halogens is 1. The second kappa shape index (κ2) is 7.18. The van der Waals surface area contributed by atoms with Gasteiger partial charge in [0.2, 0.25) is 0 Å². The van der Waals surface area contributed by atoms with Crippen LogP contribution in [0.25, 0.3) is 0 Å². The van der Waals surface area contributed by atoms with Gasteiger partial charge < -0.3 is 5.11 Å². The summed E-state index contributed by atoms with van der Waals surface area (Å²) >= 11 is 3.12. The number of carboxylic acids is 1. The van der Waals surface area contributed by atoms with Crippen LogP contribution in [0.3, 0.4) is 0 Å². The highest BCUT2D eigenvalue weighted by Crippen LogP contribution is 2.16. The summed E-state index contributed by atoms with van der Waals surface area (Å²) in [6.07, 6.45) is 0.590. The van der Waals surface area contributed by atoms with Crippen LogP contribution in [0.5, 0.6) is 0 Å². The number of rotatable bonds is 6. The minimum absolute atomic E-state index is 0.205. The molecule has 0 saturated carbocycles. The smallest absolute Gasteiger partial charge is 0.304 e. The molecule has 2 aromatic rings. The SMILES string of the molecule is O=C(O)CC(Br)C(=O)c1ccc(Cc2ccccc2)cc1. The van der Waals surface area contributed by atoms with E-state index >= 15 is 0 Å². The molecule has 1 atom stereocenters. The second-order valence-electron chi connectivity index (χ2n) is 4.79. The van der Waals surface area contributed by atoms with Gasteiger partial charge in [-0.15, -0.1) is 0 Å². The first-order valence-electron chi connectivity index (χ1n) is 6.59. The van der Waals surface area contributed by atoms with Crippen LogP contribution in [0, 0.1) is 0 Å². The predicted octanol–water partition coefficient (Wildman–Crippen LogP) is 3.70. The minimum atomic E-state index is -0.995. The third-order valence-corrected chi connectivity index (χ3v) is 3.87. The first-order chi connectivity index (χ1) is 10.1. The molecule has 0 aromatic heterocycles. The summed E-state index contributed by atoms with van der Waals surface area (Å²) in [4.78, 5) is 22.0. The molecule has 0 radical (unpaired) electrons. The van der Waals surface area contributed by atoms with Gasteiger partial charge in [-0.2, -0.15) is 0 Å². The number of alkyl halides is 1. The van der Waals surface area contributed by atoms with Crippen molar-refractivity contribution in [3.63, 3.8) is 0 Å². The fourth-order valence-electron chi connectivity index (χ4n) is 2.05. The Balaban J connectivity index is 2.05. The standard InChI is InChI=1S/C17H15BrO3/c18-15(11-16(19)20)17(21)14-8-6-13(7-9-14)10-12-4-2-1-3-5-12/h1-9,15H,10-11H2,(H,19,20). The molecule has 0 fully saturated rings. The van der Waals surface area contributed by atoms with E-state index in [9.17, 15) is 9.59 Å². The van der Waals surface area contributed by atoms with E-state index in [1.54, 1.807) is 12.1 Å². The number of carbonyl (C=O) groups excluding carboxylic acids is 1. The number of carbonyl (C=O) groups is 2. The van der Waals surface area contributed by atoms with Crippen molar-refractivity contribution >= 4 is 27.7 Å². The van der Waals surface area contributed by atoms with Gasteiger partial charge in [0.05, 0.1) is 11.2 Å². The molecule has 0 saturated heterocycles. The van der Waals surface area contributed by atoms with Gasteiger partial charge in [0.15, 0.2) is 5.78 Å². The number of aliphatic carboxylic acids is 1. The summed E-state index contributed by atoms with van der Waals surface area (Å²) in [5.41, 5.74) is 2.85. The van der Waals surface area contributed by atoms with E-state index in [-0.39, 0.29) is 12.2 Å². The molecular weight excluding hydrogens is 332 g/mol. The van der Waals surface area contributed by atoms with Crippen LogP contribution in [0.1, 0.15) is 27.9 Å². The first-order valence-corrected chi connectivity index (χ1v) is 7.51. The molecular formula is C17H15BrO3. The number of hydrogen-bond acceptors (Lipinski definition) is 2. The second-order valence-corrected chi connectivity index (χ2v) is 5.89. The number of benzene rings is 2. The summed E-state index contributed by atoms with van der Waals surface area (Å²) in [5, 5.41) is 8.71. The number of Topliss-reactive ketones (excluding diaryl/α,β-unsaturated/α-hetero) is 1. The molecule has 0 bridgehead atoms. The van der Waals surface area contributed by atoms with Crippen LogP contribution in [-0.2, 0) is 11.2 Å². The van der Waals surface area contributed by atoms with Gasteiger partial charge in [0.25, 0.3) is 0 Å². The average molecular weight is 347 g/mol. The third-order valence-electron chi connectivity index (χ3n) is 3.13. The molecule has 3 nitrogen and oxygen atoms in total. The molecule has 4 heteroatoms. The molecule has 0 aliphatic rings. The van der Waals surface area contributed by atoms with Crippen molar-refractivity contribution in [2.24, 2.45) is 0 Å². The van der Waals surface area contributed by atoms with Crippen molar-refractivity contribution in [2.75, 3.05) is 0 Å². The highest BCUT2D eigenvalue weighted by molar-refractivity contribution is 9.10. The molecule has 1 N–H and O–H groups in total. The summed E-state index contributed by atoms with van der Waals surface area (Å²) in [7, 11) is 0. The maximum absolute atomic E-state index is 12.0. The monoisotopic (exact) mass is 346 g/mol. The highest BCUT2D eigenvalue weighted by atomic mass is 79.9. The molecule has 0 aliphatic heterocycles.